The summed E-state index contributed by atoms with van der Waals surface area (Å²) in [5.41, 5.74) is -0.234. The van der Waals surface area contributed by atoms with Gasteiger partial charge < -0.3 is 5.11 Å². The largest absolute Gasteiger partial charge is 0.395 e. The summed E-state index contributed by atoms with van der Waals surface area (Å²) in [6.45, 7) is -0.121. The molecular weight excluding hydrogens is 201 g/mol. The summed E-state index contributed by atoms with van der Waals surface area (Å²) in [5, 5.41) is 18.8. The number of aliphatic hydroxyl groups is 1. The van der Waals surface area contributed by atoms with Crippen LogP contribution in [0.5, 0.6) is 0 Å². The molecule has 1 aromatic rings. The summed E-state index contributed by atoms with van der Waals surface area (Å²) in [6.07, 6.45) is 0.210. The average molecular weight is 209 g/mol. The van der Waals surface area contributed by atoms with Crippen LogP contribution in [-0.2, 0) is 0 Å². The predicted octanol–water partition coefficient (Wildman–Crippen LogP) is 1.47. The lowest BCUT2D eigenvalue weighted by Gasteiger charge is -1.94. The Balaban J connectivity index is 3.02. The van der Waals surface area contributed by atoms with Crippen LogP contribution < -0.4 is 0 Å². The Kier molecular flexibility index (Phi) is 3.77. The van der Waals surface area contributed by atoms with E-state index >= 15 is 0 Å². The van der Waals surface area contributed by atoms with Crippen LogP contribution in [0.15, 0.2) is 18.2 Å². The monoisotopic (exact) mass is 209 g/mol. The van der Waals surface area contributed by atoms with Crippen LogP contribution in [0, 0.1) is 27.8 Å². The van der Waals surface area contributed by atoms with E-state index < -0.39 is 10.7 Å². The molecule has 0 unspecified atom stereocenters. The summed E-state index contributed by atoms with van der Waals surface area (Å²) in [5.74, 6) is 4.31. The lowest BCUT2D eigenvalue weighted by atomic mass is 10.2. The zero-order valence-electron chi connectivity index (χ0n) is 7.74. The Morgan fingerprint density at radius 2 is 2.27 bits per heavy atom. The number of benzene rings is 1. The van der Waals surface area contributed by atoms with Crippen molar-refractivity contribution in [3.05, 3.63) is 39.7 Å². The van der Waals surface area contributed by atoms with Crippen LogP contribution in [0.25, 0.3) is 0 Å². The highest BCUT2D eigenvalue weighted by Crippen LogP contribution is 2.15. The van der Waals surface area contributed by atoms with Crippen molar-refractivity contribution in [2.75, 3.05) is 6.61 Å². The molecule has 0 saturated carbocycles. The van der Waals surface area contributed by atoms with E-state index in [1.165, 1.54) is 0 Å². The molecule has 78 valence electrons. The highest BCUT2D eigenvalue weighted by Gasteiger charge is 2.08. The minimum atomic E-state index is -0.614. The molecule has 4 nitrogen and oxygen atoms in total. The van der Waals surface area contributed by atoms with Gasteiger partial charge in [-0.3, -0.25) is 10.1 Å². The number of halogens is 1. The topological polar surface area (TPSA) is 63.4 Å². The van der Waals surface area contributed by atoms with Crippen molar-refractivity contribution in [3.8, 4) is 11.8 Å². The third kappa shape index (κ3) is 3.04. The summed E-state index contributed by atoms with van der Waals surface area (Å²) in [4.78, 5) is 9.77. The van der Waals surface area contributed by atoms with Crippen molar-refractivity contribution in [2.24, 2.45) is 0 Å². The Morgan fingerprint density at radius 3 is 2.87 bits per heavy atom. The van der Waals surface area contributed by atoms with E-state index in [9.17, 15) is 14.5 Å². The second-order valence-corrected chi connectivity index (χ2v) is 2.70. The second kappa shape index (κ2) is 5.08. The molecule has 1 N–H and O–H groups in total. The van der Waals surface area contributed by atoms with Crippen molar-refractivity contribution in [2.45, 2.75) is 6.42 Å². The highest BCUT2D eigenvalue weighted by molar-refractivity contribution is 5.44. The first-order chi connectivity index (χ1) is 7.15. The zero-order chi connectivity index (χ0) is 11.3. The fourth-order valence-corrected chi connectivity index (χ4v) is 0.936. The molecule has 5 heteroatoms. The molecule has 0 aliphatic carbocycles. The molecule has 0 amide bonds. The number of hydrogen-bond donors (Lipinski definition) is 1. The van der Waals surface area contributed by atoms with E-state index in [-0.39, 0.29) is 24.3 Å². The van der Waals surface area contributed by atoms with Crippen molar-refractivity contribution in [3.63, 3.8) is 0 Å². The lowest BCUT2D eigenvalue weighted by Crippen LogP contribution is -1.91. The van der Waals surface area contributed by atoms with E-state index in [1.807, 2.05) is 0 Å². The summed E-state index contributed by atoms with van der Waals surface area (Å²) in [6, 6.07) is 3.15. The van der Waals surface area contributed by atoms with Crippen LogP contribution in [0.4, 0.5) is 10.1 Å². The molecule has 0 bridgehead atoms. The van der Waals surface area contributed by atoms with Gasteiger partial charge in [0.15, 0.2) is 0 Å². The molecule has 0 aromatic heterocycles. The molecule has 0 spiro atoms. The van der Waals surface area contributed by atoms with Crippen LogP contribution in [0.1, 0.15) is 12.0 Å². The smallest absolute Gasteiger partial charge is 0.270 e. The highest BCUT2D eigenvalue weighted by atomic mass is 19.1. The van der Waals surface area contributed by atoms with Crippen molar-refractivity contribution in [1.82, 2.24) is 0 Å². The summed E-state index contributed by atoms with van der Waals surface area (Å²) in [7, 11) is 0. The number of rotatable bonds is 2. The van der Waals surface area contributed by atoms with Gasteiger partial charge in [-0.05, 0) is 6.07 Å². The van der Waals surface area contributed by atoms with Crippen molar-refractivity contribution in [1.29, 1.82) is 0 Å². The molecule has 0 aliphatic rings. The molecule has 0 saturated heterocycles. The number of aliphatic hydroxyl groups excluding tert-OH is 1. The first-order valence-electron chi connectivity index (χ1n) is 4.19. The van der Waals surface area contributed by atoms with E-state index in [4.69, 9.17) is 5.11 Å². The molecule has 15 heavy (non-hydrogen) atoms. The van der Waals surface area contributed by atoms with Crippen LogP contribution in [0.3, 0.4) is 0 Å². The number of hydrogen-bond acceptors (Lipinski definition) is 3. The van der Waals surface area contributed by atoms with Gasteiger partial charge in [0.25, 0.3) is 5.69 Å². The van der Waals surface area contributed by atoms with Crippen molar-refractivity contribution < 1.29 is 14.4 Å². The Hall–Kier alpha value is -1.93. The Morgan fingerprint density at radius 1 is 1.53 bits per heavy atom. The third-order valence-corrected chi connectivity index (χ3v) is 1.62. The van der Waals surface area contributed by atoms with Gasteiger partial charge >= 0.3 is 0 Å². The van der Waals surface area contributed by atoms with Crippen molar-refractivity contribution >= 4 is 5.69 Å². The quantitative estimate of drug-likeness (QED) is 0.455. The molecule has 0 fully saturated rings. The van der Waals surface area contributed by atoms with E-state index in [2.05, 4.69) is 11.8 Å². The molecule has 1 aromatic carbocycles. The number of nitro benzene ring substituents is 1. The summed E-state index contributed by atoms with van der Waals surface area (Å²) >= 11 is 0. The maximum absolute atomic E-state index is 13.1. The minimum Gasteiger partial charge on any atom is -0.395 e. The fourth-order valence-electron chi connectivity index (χ4n) is 0.936. The first-order valence-corrected chi connectivity index (χ1v) is 4.19. The average Bonchev–Trinajstić information content (AvgIpc) is 2.20. The van der Waals surface area contributed by atoms with Crippen LogP contribution in [0.2, 0.25) is 0 Å². The van der Waals surface area contributed by atoms with E-state index in [1.54, 1.807) is 0 Å². The van der Waals surface area contributed by atoms with E-state index in [0.717, 1.165) is 18.2 Å². The summed E-state index contributed by atoms with van der Waals surface area (Å²) < 4.78 is 13.1. The molecule has 1 rings (SSSR count). The van der Waals surface area contributed by atoms with Crippen LogP contribution in [-0.4, -0.2) is 16.6 Å². The number of nitro groups is 1. The van der Waals surface area contributed by atoms with Gasteiger partial charge in [0.2, 0.25) is 0 Å². The maximum Gasteiger partial charge on any atom is 0.270 e. The lowest BCUT2D eigenvalue weighted by molar-refractivity contribution is -0.384. The van der Waals surface area contributed by atoms with Gasteiger partial charge in [0.05, 0.1) is 17.1 Å². The minimum absolute atomic E-state index is 0.0300. The van der Waals surface area contributed by atoms with Gasteiger partial charge in [-0.1, -0.05) is 11.8 Å². The number of nitrogens with zero attached hydrogens (tertiary/aromatic N) is 1. The van der Waals surface area contributed by atoms with E-state index in [0.29, 0.717) is 0 Å². The van der Waals surface area contributed by atoms with Gasteiger partial charge in [0, 0.05) is 18.6 Å². The Labute approximate surface area is 85.5 Å². The van der Waals surface area contributed by atoms with Gasteiger partial charge in [-0.15, -0.1) is 0 Å². The van der Waals surface area contributed by atoms with Gasteiger partial charge in [-0.2, -0.15) is 0 Å². The zero-order valence-corrected chi connectivity index (χ0v) is 7.74. The Bertz CT molecular complexity index is 434. The van der Waals surface area contributed by atoms with Gasteiger partial charge in [-0.25, -0.2) is 4.39 Å². The molecule has 0 atom stereocenters. The first kappa shape index (κ1) is 11.1. The molecule has 0 aliphatic heterocycles. The number of non-ortho nitro benzene ring substituents is 1. The molecular formula is C10H8FNO3. The second-order valence-electron chi connectivity index (χ2n) is 2.70. The fraction of sp³-hybridized carbons (Fsp3) is 0.200. The molecule has 0 radical (unpaired) electrons. The standard InChI is InChI=1S/C10H8FNO3/c11-10-5-4-9(12(14)15)7-8(10)3-1-2-6-13/h4-5,7,13H,2,6H2. The third-order valence-electron chi connectivity index (χ3n) is 1.62. The normalized spacial score (nSPS) is 9.20. The van der Waals surface area contributed by atoms with Crippen LogP contribution >= 0.6 is 0 Å². The predicted molar refractivity (Wildman–Crippen MR) is 51.6 cm³/mol. The SMILES string of the molecule is O=[N+]([O-])c1ccc(F)c(C#CCCO)c1. The van der Waals surface area contributed by atoms with Gasteiger partial charge in [0.1, 0.15) is 5.82 Å². The molecule has 0 heterocycles. The maximum atomic E-state index is 13.1.